The number of hydrogen-bond acceptors (Lipinski definition) is 2. The van der Waals surface area contributed by atoms with Crippen LogP contribution in [0.15, 0.2) is 35.3 Å². The first-order chi connectivity index (χ1) is 11.2. The molecule has 0 aromatic heterocycles. The molecule has 1 N–H and O–H groups in total. The number of nitrogens with zero attached hydrogens (tertiary/aromatic N) is 2. The van der Waals surface area contributed by atoms with E-state index in [-0.39, 0.29) is 24.0 Å². The lowest BCUT2D eigenvalue weighted by atomic mass is 10.0. The molecule has 24 heavy (non-hydrogen) atoms. The molecule has 1 fully saturated rings. The normalized spacial score (nSPS) is 17.3. The van der Waals surface area contributed by atoms with Crippen LogP contribution < -0.4 is 5.32 Å². The Balaban J connectivity index is 0.00000288. The molecule has 0 saturated carbocycles. The molecule has 0 amide bonds. The van der Waals surface area contributed by atoms with Gasteiger partial charge in [-0.15, -0.1) is 24.0 Å². The van der Waals surface area contributed by atoms with Gasteiger partial charge in [0.05, 0.1) is 6.10 Å². The highest BCUT2D eigenvalue weighted by Gasteiger charge is 2.21. The van der Waals surface area contributed by atoms with E-state index < -0.39 is 0 Å². The first-order valence-corrected chi connectivity index (χ1v) is 8.94. The molecule has 1 aliphatic rings. The lowest BCUT2D eigenvalue weighted by Crippen LogP contribution is -2.47. The molecule has 1 saturated heterocycles. The monoisotopic (exact) mass is 445 g/mol. The van der Waals surface area contributed by atoms with Crippen molar-refractivity contribution in [2.75, 3.05) is 32.8 Å². The van der Waals surface area contributed by atoms with Crippen LogP contribution in [0.2, 0.25) is 0 Å². The van der Waals surface area contributed by atoms with E-state index in [9.17, 15) is 0 Å². The zero-order valence-electron chi connectivity index (χ0n) is 15.2. The fraction of sp³-hybridized carbons (Fsp3) is 0.632. The molecular weight excluding hydrogens is 413 g/mol. The summed E-state index contributed by atoms with van der Waals surface area (Å²) in [6.45, 7) is 11.0. The number of halogens is 1. The van der Waals surface area contributed by atoms with Gasteiger partial charge in [-0.25, -0.2) is 0 Å². The molecule has 4 nitrogen and oxygen atoms in total. The van der Waals surface area contributed by atoms with Gasteiger partial charge in [-0.05, 0) is 32.3 Å². The second-order valence-corrected chi connectivity index (χ2v) is 6.15. The number of hydrogen-bond donors (Lipinski definition) is 1. The Morgan fingerprint density at radius 2 is 1.92 bits per heavy atom. The third-order valence-corrected chi connectivity index (χ3v) is 4.36. The lowest BCUT2D eigenvalue weighted by Gasteiger charge is -2.34. The van der Waals surface area contributed by atoms with E-state index in [1.54, 1.807) is 0 Å². The Morgan fingerprint density at radius 1 is 1.25 bits per heavy atom. The standard InChI is InChI=1S/C19H31N3O.HI/c1-4-20-19(22-13-11-18(12-14-22)23-5-2)21-15-16(3)17-9-7-6-8-10-17;/h6-10,16,18H,4-5,11-15H2,1-3H3,(H,20,21);1H. The highest BCUT2D eigenvalue weighted by atomic mass is 127. The minimum Gasteiger partial charge on any atom is -0.378 e. The van der Waals surface area contributed by atoms with Gasteiger partial charge >= 0.3 is 0 Å². The minimum atomic E-state index is 0. The number of nitrogens with one attached hydrogen (secondary N) is 1. The summed E-state index contributed by atoms with van der Waals surface area (Å²) in [6, 6.07) is 10.6. The summed E-state index contributed by atoms with van der Waals surface area (Å²) >= 11 is 0. The van der Waals surface area contributed by atoms with E-state index in [0.29, 0.717) is 12.0 Å². The smallest absolute Gasteiger partial charge is 0.193 e. The van der Waals surface area contributed by atoms with Crippen molar-refractivity contribution in [1.29, 1.82) is 0 Å². The van der Waals surface area contributed by atoms with E-state index in [1.165, 1.54) is 5.56 Å². The molecule has 5 heteroatoms. The topological polar surface area (TPSA) is 36.9 Å². The van der Waals surface area contributed by atoms with Crippen molar-refractivity contribution in [3.05, 3.63) is 35.9 Å². The van der Waals surface area contributed by atoms with Crippen molar-refractivity contribution in [1.82, 2.24) is 10.2 Å². The number of guanidine groups is 1. The van der Waals surface area contributed by atoms with Crippen LogP contribution >= 0.6 is 24.0 Å². The first-order valence-electron chi connectivity index (χ1n) is 8.94. The molecule has 0 radical (unpaired) electrons. The molecule has 1 heterocycles. The highest BCUT2D eigenvalue weighted by molar-refractivity contribution is 14.0. The van der Waals surface area contributed by atoms with Gasteiger partial charge in [-0.3, -0.25) is 4.99 Å². The summed E-state index contributed by atoms with van der Waals surface area (Å²) < 4.78 is 5.74. The molecule has 0 bridgehead atoms. The van der Waals surface area contributed by atoms with Crippen molar-refractivity contribution >= 4 is 29.9 Å². The number of likely N-dealkylation sites (tertiary alicyclic amines) is 1. The van der Waals surface area contributed by atoms with Crippen LogP contribution in [0.3, 0.4) is 0 Å². The van der Waals surface area contributed by atoms with Gasteiger partial charge in [-0.1, -0.05) is 37.3 Å². The molecule has 1 unspecified atom stereocenters. The molecule has 0 spiro atoms. The van der Waals surface area contributed by atoms with E-state index in [2.05, 4.69) is 61.3 Å². The molecule has 1 aromatic carbocycles. The van der Waals surface area contributed by atoms with Crippen molar-refractivity contribution < 1.29 is 4.74 Å². The van der Waals surface area contributed by atoms with Crippen LogP contribution in [0.25, 0.3) is 0 Å². The fourth-order valence-corrected chi connectivity index (χ4v) is 3.01. The zero-order chi connectivity index (χ0) is 16.5. The summed E-state index contributed by atoms with van der Waals surface area (Å²) in [5.74, 6) is 1.48. The SMILES string of the molecule is CCNC(=NCC(C)c1ccccc1)N1CCC(OCC)CC1.I. The van der Waals surface area contributed by atoms with Crippen LogP contribution in [0, 0.1) is 0 Å². The second-order valence-electron chi connectivity index (χ2n) is 6.15. The average molecular weight is 445 g/mol. The van der Waals surface area contributed by atoms with E-state index in [1.807, 2.05) is 0 Å². The zero-order valence-corrected chi connectivity index (χ0v) is 17.5. The van der Waals surface area contributed by atoms with Crippen LogP contribution in [0.4, 0.5) is 0 Å². The molecule has 0 aliphatic carbocycles. The maximum absolute atomic E-state index is 5.74. The molecule has 1 aliphatic heterocycles. The Bertz CT molecular complexity index is 473. The summed E-state index contributed by atoms with van der Waals surface area (Å²) in [4.78, 5) is 7.25. The number of aliphatic imine (C=N–C) groups is 1. The van der Waals surface area contributed by atoms with Gasteiger partial charge in [0.15, 0.2) is 5.96 Å². The largest absolute Gasteiger partial charge is 0.378 e. The predicted molar refractivity (Wildman–Crippen MR) is 112 cm³/mol. The Kier molecular flexibility index (Phi) is 10.3. The van der Waals surface area contributed by atoms with Crippen molar-refractivity contribution in [3.63, 3.8) is 0 Å². The van der Waals surface area contributed by atoms with Crippen molar-refractivity contribution in [2.24, 2.45) is 4.99 Å². The number of rotatable bonds is 6. The average Bonchev–Trinajstić information content (AvgIpc) is 2.60. The third kappa shape index (κ3) is 6.59. The molecule has 2 rings (SSSR count). The van der Waals surface area contributed by atoms with Gasteiger partial charge in [0.2, 0.25) is 0 Å². The van der Waals surface area contributed by atoms with E-state index in [0.717, 1.165) is 51.6 Å². The van der Waals surface area contributed by atoms with Gasteiger partial charge in [0.1, 0.15) is 0 Å². The van der Waals surface area contributed by atoms with Gasteiger partial charge in [0.25, 0.3) is 0 Å². The molecule has 1 atom stereocenters. The number of benzene rings is 1. The summed E-state index contributed by atoms with van der Waals surface area (Å²) in [6.07, 6.45) is 2.60. The van der Waals surface area contributed by atoms with Crippen LogP contribution in [0.1, 0.15) is 45.1 Å². The van der Waals surface area contributed by atoms with Crippen LogP contribution in [0.5, 0.6) is 0 Å². The quantitative estimate of drug-likeness (QED) is 0.410. The minimum absolute atomic E-state index is 0. The van der Waals surface area contributed by atoms with E-state index in [4.69, 9.17) is 9.73 Å². The highest BCUT2D eigenvalue weighted by Crippen LogP contribution is 2.16. The van der Waals surface area contributed by atoms with Crippen LogP contribution in [-0.4, -0.2) is 49.7 Å². The Labute approximate surface area is 164 Å². The van der Waals surface area contributed by atoms with Gasteiger partial charge in [-0.2, -0.15) is 0 Å². The maximum atomic E-state index is 5.74. The van der Waals surface area contributed by atoms with Crippen molar-refractivity contribution in [3.8, 4) is 0 Å². The number of ether oxygens (including phenoxy) is 1. The molecule has 1 aromatic rings. The van der Waals surface area contributed by atoms with E-state index >= 15 is 0 Å². The second kappa shape index (κ2) is 11.7. The lowest BCUT2D eigenvalue weighted by molar-refractivity contribution is 0.0264. The fourth-order valence-electron chi connectivity index (χ4n) is 3.01. The summed E-state index contributed by atoms with van der Waals surface area (Å²) in [7, 11) is 0. The summed E-state index contributed by atoms with van der Waals surface area (Å²) in [5.41, 5.74) is 1.35. The van der Waals surface area contributed by atoms with Crippen LogP contribution in [-0.2, 0) is 4.74 Å². The maximum Gasteiger partial charge on any atom is 0.193 e. The first kappa shape index (κ1) is 21.2. The van der Waals surface area contributed by atoms with Gasteiger partial charge in [0, 0.05) is 38.7 Å². The number of piperidine rings is 1. The molecular formula is C19H32IN3O. The molecule has 136 valence electrons. The Hall–Kier alpha value is -0.820. The third-order valence-electron chi connectivity index (χ3n) is 4.36. The Morgan fingerprint density at radius 3 is 2.50 bits per heavy atom. The predicted octanol–water partition coefficient (Wildman–Crippen LogP) is 3.87. The van der Waals surface area contributed by atoms with Gasteiger partial charge < -0.3 is 15.0 Å². The summed E-state index contributed by atoms with van der Waals surface area (Å²) in [5, 5.41) is 3.44. The van der Waals surface area contributed by atoms with Crippen molar-refractivity contribution in [2.45, 2.75) is 45.6 Å².